The van der Waals surface area contributed by atoms with Crippen molar-refractivity contribution in [1.82, 2.24) is 4.31 Å². The van der Waals surface area contributed by atoms with Crippen LogP contribution in [0, 0.1) is 0 Å². The summed E-state index contributed by atoms with van der Waals surface area (Å²) in [7, 11) is -1.77. The third-order valence-electron chi connectivity index (χ3n) is 3.74. The molecule has 0 saturated heterocycles. The normalized spacial score (nSPS) is 11.4. The predicted octanol–water partition coefficient (Wildman–Crippen LogP) is 3.19. The molecule has 27 heavy (non-hydrogen) atoms. The molecular formula is C17H18ClNO6S2. The summed E-state index contributed by atoms with van der Waals surface area (Å²) in [6, 6.07) is 7.09. The van der Waals surface area contributed by atoms with E-state index < -0.39 is 22.0 Å². The van der Waals surface area contributed by atoms with Crippen molar-refractivity contribution in [1.29, 1.82) is 0 Å². The van der Waals surface area contributed by atoms with Gasteiger partial charge in [0.25, 0.3) is 0 Å². The second kappa shape index (κ2) is 8.83. The molecule has 0 aliphatic heterocycles. The Morgan fingerprint density at radius 1 is 1.11 bits per heavy atom. The Hall–Kier alpha value is -1.94. The van der Waals surface area contributed by atoms with Gasteiger partial charge in [0.05, 0.1) is 34.6 Å². The molecule has 1 aromatic heterocycles. The fourth-order valence-corrected chi connectivity index (χ4v) is 5.19. The van der Waals surface area contributed by atoms with E-state index in [1.54, 1.807) is 19.1 Å². The molecule has 146 valence electrons. The Morgan fingerprint density at radius 3 is 2.30 bits per heavy atom. The molecule has 0 unspecified atom stereocenters. The molecule has 0 bridgehead atoms. The van der Waals surface area contributed by atoms with Crippen molar-refractivity contribution in [2.75, 3.05) is 20.8 Å². The minimum atomic E-state index is -4.10. The van der Waals surface area contributed by atoms with Gasteiger partial charge < -0.3 is 9.47 Å². The molecule has 0 spiro atoms. The van der Waals surface area contributed by atoms with Crippen molar-refractivity contribution < 1.29 is 27.5 Å². The highest BCUT2D eigenvalue weighted by molar-refractivity contribution is 7.89. The number of sulfonamides is 1. The first-order valence-electron chi connectivity index (χ1n) is 7.79. The molecule has 0 N–H and O–H groups in total. The molecule has 0 saturated carbocycles. The second-order valence-electron chi connectivity index (χ2n) is 5.33. The monoisotopic (exact) mass is 431 g/mol. The second-order valence-corrected chi connectivity index (χ2v) is 9.04. The zero-order chi connectivity index (χ0) is 20.2. The number of hydrogen-bond donors (Lipinski definition) is 0. The first-order chi connectivity index (χ1) is 12.7. The van der Waals surface area contributed by atoms with Gasteiger partial charge in [-0.2, -0.15) is 4.31 Å². The zero-order valence-corrected chi connectivity index (χ0v) is 17.3. The predicted molar refractivity (Wildman–Crippen MR) is 102 cm³/mol. The minimum absolute atomic E-state index is 0.0129. The molecule has 7 nitrogen and oxygen atoms in total. The number of ether oxygens (including phenoxy) is 2. The Morgan fingerprint density at radius 2 is 1.78 bits per heavy atom. The van der Waals surface area contributed by atoms with Crippen LogP contribution in [0.4, 0.5) is 0 Å². The van der Waals surface area contributed by atoms with Crippen LogP contribution in [0.3, 0.4) is 0 Å². The number of nitrogens with zero attached hydrogens (tertiary/aromatic N) is 1. The fraction of sp³-hybridized carbons (Fsp3) is 0.294. The molecular weight excluding hydrogens is 414 g/mol. The maximum absolute atomic E-state index is 13.2. The number of thiophene rings is 1. The maximum atomic E-state index is 13.2. The lowest BCUT2D eigenvalue weighted by molar-refractivity contribution is 0.0583. The zero-order valence-electron chi connectivity index (χ0n) is 14.9. The number of rotatable bonds is 7. The van der Waals surface area contributed by atoms with Gasteiger partial charge in [-0.05, 0) is 30.3 Å². The van der Waals surface area contributed by atoms with E-state index in [1.807, 2.05) is 0 Å². The minimum Gasteiger partial charge on any atom is -0.465 e. The Labute approximate surface area is 166 Å². The molecule has 0 radical (unpaired) electrons. The summed E-state index contributed by atoms with van der Waals surface area (Å²) >= 11 is 7.18. The van der Waals surface area contributed by atoms with Crippen LogP contribution in [0.25, 0.3) is 0 Å². The van der Waals surface area contributed by atoms with Crippen molar-refractivity contribution in [3.8, 4) is 0 Å². The topological polar surface area (TPSA) is 90.0 Å². The van der Waals surface area contributed by atoms with E-state index in [0.717, 1.165) is 18.1 Å². The Balaban J connectivity index is 2.55. The summed E-state index contributed by atoms with van der Waals surface area (Å²) in [6.45, 7) is 1.91. The lowest BCUT2D eigenvalue weighted by atomic mass is 10.1. The van der Waals surface area contributed by atoms with Crippen LogP contribution in [0.5, 0.6) is 0 Å². The summed E-state index contributed by atoms with van der Waals surface area (Å²) in [5.41, 5.74) is -0.147. The molecule has 1 heterocycles. The SMILES string of the molecule is CCN(Cc1ccc(Cl)s1)S(=O)(=O)c1cc(C(=O)OC)ccc1C(=O)OC. The van der Waals surface area contributed by atoms with Crippen LogP contribution in [-0.4, -0.2) is 45.4 Å². The Bertz CT molecular complexity index is 954. The third kappa shape index (κ3) is 4.67. The number of esters is 2. The van der Waals surface area contributed by atoms with Crippen molar-refractivity contribution in [2.45, 2.75) is 18.4 Å². The molecule has 0 atom stereocenters. The molecule has 0 aliphatic carbocycles. The number of halogens is 1. The van der Waals surface area contributed by atoms with E-state index in [0.29, 0.717) is 4.34 Å². The van der Waals surface area contributed by atoms with Crippen LogP contribution in [0.1, 0.15) is 32.5 Å². The van der Waals surface area contributed by atoms with Gasteiger partial charge >= 0.3 is 11.9 Å². The molecule has 1 aromatic carbocycles. The van der Waals surface area contributed by atoms with Crippen molar-refractivity contribution in [2.24, 2.45) is 0 Å². The average molecular weight is 432 g/mol. The number of methoxy groups -OCH3 is 2. The Kier molecular flexibility index (Phi) is 6.99. The van der Waals surface area contributed by atoms with Gasteiger partial charge in [-0.1, -0.05) is 18.5 Å². The lowest BCUT2D eigenvalue weighted by Gasteiger charge is -2.21. The van der Waals surface area contributed by atoms with Crippen molar-refractivity contribution in [3.05, 3.63) is 50.7 Å². The van der Waals surface area contributed by atoms with Crippen molar-refractivity contribution in [3.63, 3.8) is 0 Å². The van der Waals surface area contributed by atoms with E-state index in [-0.39, 0.29) is 29.1 Å². The summed E-state index contributed by atoms with van der Waals surface area (Å²) in [5, 5.41) is 0. The van der Waals surface area contributed by atoms with Crippen LogP contribution < -0.4 is 0 Å². The molecule has 0 amide bonds. The first-order valence-corrected chi connectivity index (χ1v) is 10.4. The lowest BCUT2D eigenvalue weighted by Crippen LogP contribution is -2.31. The number of carbonyl (C=O) groups is 2. The first kappa shape index (κ1) is 21.4. The van der Waals surface area contributed by atoms with E-state index in [2.05, 4.69) is 9.47 Å². The maximum Gasteiger partial charge on any atom is 0.339 e. The number of benzene rings is 1. The van der Waals surface area contributed by atoms with E-state index in [4.69, 9.17) is 11.6 Å². The van der Waals surface area contributed by atoms with Crippen LogP contribution in [-0.2, 0) is 26.0 Å². The van der Waals surface area contributed by atoms with Crippen LogP contribution >= 0.6 is 22.9 Å². The van der Waals surface area contributed by atoms with Crippen LogP contribution in [0.15, 0.2) is 35.2 Å². The van der Waals surface area contributed by atoms with E-state index in [9.17, 15) is 18.0 Å². The van der Waals surface area contributed by atoms with E-state index >= 15 is 0 Å². The third-order valence-corrected chi connectivity index (χ3v) is 6.92. The summed E-state index contributed by atoms with van der Waals surface area (Å²) in [4.78, 5) is 24.3. The summed E-state index contributed by atoms with van der Waals surface area (Å²) in [6.07, 6.45) is 0. The molecule has 2 aromatic rings. The fourth-order valence-electron chi connectivity index (χ4n) is 2.38. The summed E-state index contributed by atoms with van der Waals surface area (Å²) in [5.74, 6) is -1.53. The van der Waals surface area contributed by atoms with Gasteiger partial charge in [0.2, 0.25) is 10.0 Å². The van der Waals surface area contributed by atoms with Gasteiger partial charge in [-0.3, -0.25) is 0 Å². The summed E-state index contributed by atoms with van der Waals surface area (Å²) < 4.78 is 37.5. The van der Waals surface area contributed by atoms with E-state index in [1.165, 1.54) is 34.9 Å². The molecule has 2 rings (SSSR count). The van der Waals surface area contributed by atoms with Crippen molar-refractivity contribution >= 4 is 44.9 Å². The highest BCUT2D eigenvalue weighted by Crippen LogP contribution is 2.27. The highest BCUT2D eigenvalue weighted by atomic mass is 35.5. The number of carbonyl (C=O) groups excluding carboxylic acids is 2. The van der Waals surface area contributed by atoms with Gasteiger partial charge in [0, 0.05) is 18.0 Å². The smallest absolute Gasteiger partial charge is 0.339 e. The standard InChI is InChI=1S/C17H18ClNO6S2/c1-4-19(10-12-6-8-15(18)26-12)27(22,23)14-9-11(16(20)24-2)5-7-13(14)17(21)25-3/h5-9H,4,10H2,1-3H3. The molecule has 10 heteroatoms. The molecule has 0 aliphatic rings. The highest BCUT2D eigenvalue weighted by Gasteiger charge is 2.30. The van der Waals surface area contributed by atoms with Gasteiger partial charge in [0.15, 0.2) is 0 Å². The van der Waals surface area contributed by atoms with Gasteiger partial charge in [-0.15, -0.1) is 11.3 Å². The molecule has 0 fully saturated rings. The largest absolute Gasteiger partial charge is 0.465 e. The van der Waals surface area contributed by atoms with Crippen LogP contribution in [0.2, 0.25) is 4.34 Å². The quantitative estimate of drug-likeness (QED) is 0.625. The van der Waals surface area contributed by atoms with Gasteiger partial charge in [-0.25, -0.2) is 18.0 Å². The number of hydrogen-bond acceptors (Lipinski definition) is 7. The average Bonchev–Trinajstić information content (AvgIpc) is 3.08. The van der Waals surface area contributed by atoms with Gasteiger partial charge in [0.1, 0.15) is 0 Å².